The number of hydrogen-bond donors (Lipinski definition) is 0. The largest absolute Gasteiger partial charge is 0.456 e. The molecule has 0 fully saturated rings. The molecule has 2 heterocycles. The number of anilines is 6. The second kappa shape index (κ2) is 13.8. The van der Waals surface area contributed by atoms with Crippen molar-refractivity contribution in [2.75, 3.05) is 9.80 Å². The van der Waals surface area contributed by atoms with Crippen molar-refractivity contribution in [3.05, 3.63) is 218 Å². The molecule has 0 aliphatic carbocycles. The maximum atomic E-state index is 7.01. The lowest BCUT2D eigenvalue weighted by Crippen LogP contribution is -2.11. The lowest BCUT2D eigenvalue weighted by Gasteiger charge is -2.28. The van der Waals surface area contributed by atoms with E-state index in [1.165, 1.54) is 5.39 Å². The average molecular weight is 769 g/mol. The van der Waals surface area contributed by atoms with Crippen LogP contribution in [0, 0.1) is 0 Å². The summed E-state index contributed by atoms with van der Waals surface area (Å²) < 4.78 is 13.3. The predicted octanol–water partition coefficient (Wildman–Crippen LogP) is 16.4. The molecule has 0 unspecified atom stereocenters. The molecule has 4 nitrogen and oxygen atoms in total. The molecule has 10 aromatic carbocycles. The van der Waals surface area contributed by atoms with Crippen LogP contribution in [0.4, 0.5) is 34.1 Å². The van der Waals surface area contributed by atoms with Gasteiger partial charge in [-0.15, -0.1) is 0 Å². The summed E-state index contributed by atoms with van der Waals surface area (Å²) in [5, 5.41) is 8.94. The van der Waals surface area contributed by atoms with Gasteiger partial charge in [0.25, 0.3) is 0 Å². The highest BCUT2D eigenvalue weighted by molar-refractivity contribution is 6.30. The zero-order valence-electron chi connectivity index (χ0n) is 32.5. The van der Waals surface area contributed by atoms with E-state index in [2.05, 4.69) is 216 Å². The Morgan fingerprint density at radius 3 is 1.58 bits per heavy atom. The van der Waals surface area contributed by atoms with Gasteiger partial charge in [-0.05, 0) is 107 Å². The first-order valence-electron chi connectivity index (χ1n) is 20.3. The Morgan fingerprint density at radius 2 is 0.833 bits per heavy atom. The second-order valence-electron chi connectivity index (χ2n) is 15.3. The maximum absolute atomic E-state index is 7.01. The smallest absolute Gasteiger partial charge is 0.143 e. The number of furan rings is 2. The van der Waals surface area contributed by atoms with Crippen LogP contribution in [0.15, 0.2) is 227 Å². The topological polar surface area (TPSA) is 32.8 Å². The van der Waals surface area contributed by atoms with Crippen LogP contribution in [0.2, 0.25) is 0 Å². The molecule has 0 radical (unpaired) electrons. The van der Waals surface area contributed by atoms with E-state index in [4.69, 9.17) is 8.83 Å². The molecule has 0 saturated carbocycles. The first-order valence-corrected chi connectivity index (χ1v) is 20.3. The summed E-state index contributed by atoms with van der Waals surface area (Å²) in [6.07, 6.45) is 0. The Labute approximate surface area is 346 Å². The van der Waals surface area contributed by atoms with Gasteiger partial charge in [-0.1, -0.05) is 127 Å². The molecular weight excluding hydrogens is 733 g/mol. The van der Waals surface area contributed by atoms with Gasteiger partial charge in [-0.25, -0.2) is 0 Å². The third-order valence-corrected chi connectivity index (χ3v) is 11.8. The fraction of sp³-hybridized carbons (Fsp3) is 0. The standard InChI is InChI=1S/C56H36N2O2/c1-4-16-37(17-5-1)43-22-12-14-26-51(43)58(41-30-33-53-50(35-41)45-24-13-15-27-52(45)59-53)40-28-31-47-49(34-40)44-23-10-11-25-46(44)55-48-32-29-42(36-54(48)60-56(47)55)57(38-18-6-2-7-19-38)39-20-8-3-9-21-39/h1-36H. The lowest BCUT2D eigenvalue weighted by molar-refractivity contribution is 0.669. The molecule has 0 N–H and O–H groups in total. The van der Waals surface area contributed by atoms with Gasteiger partial charge in [0.1, 0.15) is 22.3 Å². The molecule has 12 aromatic rings. The average Bonchev–Trinajstić information content (AvgIpc) is 3.89. The number of fused-ring (bicyclic) bond motifs is 11. The Balaban J connectivity index is 1.09. The van der Waals surface area contributed by atoms with E-state index in [9.17, 15) is 0 Å². The third kappa shape index (κ3) is 5.46. The normalized spacial score (nSPS) is 11.7. The van der Waals surface area contributed by atoms with Crippen LogP contribution in [0.5, 0.6) is 0 Å². The van der Waals surface area contributed by atoms with Crippen molar-refractivity contribution in [1.29, 1.82) is 0 Å². The molecule has 0 spiro atoms. The zero-order valence-corrected chi connectivity index (χ0v) is 32.5. The molecule has 0 aliphatic rings. The monoisotopic (exact) mass is 768 g/mol. The number of rotatable bonds is 7. The molecule has 0 bridgehead atoms. The van der Waals surface area contributed by atoms with Gasteiger partial charge in [-0.2, -0.15) is 0 Å². The summed E-state index contributed by atoms with van der Waals surface area (Å²) in [5.41, 5.74) is 12.1. The highest BCUT2D eigenvalue weighted by Crippen LogP contribution is 2.47. The van der Waals surface area contributed by atoms with Crippen molar-refractivity contribution in [3.63, 3.8) is 0 Å². The highest BCUT2D eigenvalue weighted by Gasteiger charge is 2.23. The van der Waals surface area contributed by atoms with Gasteiger partial charge >= 0.3 is 0 Å². The summed E-state index contributed by atoms with van der Waals surface area (Å²) in [6, 6.07) is 77.3. The summed E-state index contributed by atoms with van der Waals surface area (Å²) in [6.45, 7) is 0. The van der Waals surface area contributed by atoms with E-state index in [1.807, 2.05) is 12.1 Å². The number of nitrogens with zero attached hydrogens (tertiary/aromatic N) is 2. The van der Waals surface area contributed by atoms with Crippen LogP contribution in [0.25, 0.3) is 76.5 Å². The van der Waals surface area contributed by atoms with Crippen molar-refractivity contribution >= 4 is 99.5 Å². The lowest BCUT2D eigenvalue weighted by atomic mass is 9.95. The molecule has 0 aliphatic heterocycles. The highest BCUT2D eigenvalue weighted by atomic mass is 16.3. The van der Waals surface area contributed by atoms with E-state index >= 15 is 0 Å². The fourth-order valence-corrected chi connectivity index (χ4v) is 9.12. The van der Waals surface area contributed by atoms with Crippen molar-refractivity contribution in [2.45, 2.75) is 0 Å². The van der Waals surface area contributed by atoms with E-state index in [-0.39, 0.29) is 0 Å². The van der Waals surface area contributed by atoms with Gasteiger partial charge in [0.05, 0.1) is 5.69 Å². The summed E-state index contributed by atoms with van der Waals surface area (Å²) in [7, 11) is 0. The number of hydrogen-bond acceptors (Lipinski definition) is 4. The maximum Gasteiger partial charge on any atom is 0.143 e. The SMILES string of the molecule is c1ccc(-c2ccccc2N(c2ccc3oc4ccccc4c3c2)c2ccc3c(c2)c2ccccc2c2c4ccc(N(c5ccccc5)c5ccccc5)cc4oc32)cc1. The quantitative estimate of drug-likeness (QED) is 0.151. The second-order valence-corrected chi connectivity index (χ2v) is 15.3. The van der Waals surface area contributed by atoms with Crippen LogP contribution in [-0.4, -0.2) is 0 Å². The number of benzene rings is 10. The molecule has 12 rings (SSSR count). The third-order valence-electron chi connectivity index (χ3n) is 11.8. The van der Waals surface area contributed by atoms with Crippen molar-refractivity contribution in [3.8, 4) is 11.1 Å². The predicted molar refractivity (Wildman–Crippen MR) is 251 cm³/mol. The minimum absolute atomic E-state index is 0.847. The van der Waals surface area contributed by atoms with Gasteiger partial charge in [-0.3, -0.25) is 0 Å². The van der Waals surface area contributed by atoms with Crippen molar-refractivity contribution in [2.24, 2.45) is 0 Å². The van der Waals surface area contributed by atoms with E-state index in [0.29, 0.717) is 0 Å². The first-order chi connectivity index (χ1) is 29.8. The minimum atomic E-state index is 0.847. The first kappa shape index (κ1) is 34.0. The molecule has 0 saturated heterocycles. The summed E-state index contributed by atoms with van der Waals surface area (Å²) >= 11 is 0. The van der Waals surface area contributed by atoms with Crippen LogP contribution in [-0.2, 0) is 0 Å². The van der Waals surface area contributed by atoms with E-state index < -0.39 is 0 Å². The molecule has 0 atom stereocenters. The van der Waals surface area contributed by atoms with Crippen molar-refractivity contribution < 1.29 is 8.83 Å². The van der Waals surface area contributed by atoms with Crippen LogP contribution < -0.4 is 9.80 Å². The van der Waals surface area contributed by atoms with Crippen LogP contribution >= 0.6 is 0 Å². The van der Waals surface area contributed by atoms with Gasteiger partial charge in [0.2, 0.25) is 0 Å². The van der Waals surface area contributed by atoms with Crippen molar-refractivity contribution in [1.82, 2.24) is 0 Å². The van der Waals surface area contributed by atoms with Gasteiger partial charge < -0.3 is 18.6 Å². The fourth-order valence-electron chi connectivity index (χ4n) is 9.12. The van der Waals surface area contributed by atoms with E-state index in [0.717, 1.165) is 105 Å². The molecule has 60 heavy (non-hydrogen) atoms. The molecular formula is C56H36N2O2. The molecule has 282 valence electrons. The molecule has 2 aromatic heterocycles. The van der Waals surface area contributed by atoms with Gasteiger partial charge in [0, 0.05) is 67.0 Å². The Hall–Kier alpha value is -8.08. The Kier molecular flexibility index (Phi) is 7.82. The summed E-state index contributed by atoms with van der Waals surface area (Å²) in [4.78, 5) is 4.66. The minimum Gasteiger partial charge on any atom is -0.456 e. The Bertz CT molecular complexity index is 3510. The number of para-hydroxylation sites is 4. The van der Waals surface area contributed by atoms with Crippen LogP contribution in [0.3, 0.4) is 0 Å². The van der Waals surface area contributed by atoms with Gasteiger partial charge in [0.15, 0.2) is 0 Å². The molecule has 4 heteroatoms. The summed E-state index contributed by atoms with van der Waals surface area (Å²) in [5.74, 6) is 0. The Morgan fingerprint density at radius 1 is 0.283 bits per heavy atom. The zero-order chi connectivity index (χ0) is 39.6. The molecule has 0 amide bonds. The van der Waals surface area contributed by atoms with E-state index in [1.54, 1.807) is 0 Å². The van der Waals surface area contributed by atoms with Crippen LogP contribution in [0.1, 0.15) is 0 Å².